The summed E-state index contributed by atoms with van der Waals surface area (Å²) >= 11 is 0. The molecule has 1 atom stereocenters. The number of anilines is 1. The number of fused-ring (bicyclic) bond motifs is 2. The molecule has 1 N–H and O–H groups in total. The van der Waals surface area contributed by atoms with Crippen molar-refractivity contribution in [1.82, 2.24) is 14.9 Å². The number of amides is 1. The second kappa shape index (κ2) is 7.93. The van der Waals surface area contributed by atoms with Gasteiger partial charge in [-0.1, -0.05) is 30.3 Å². The zero-order chi connectivity index (χ0) is 21.5. The second-order valence-corrected chi connectivity index (χ2v) is 8.80. The van der Waals surface area contributed by atoms with Gasteiger partial charge in [-0.05, 0) is 55.0 Å². The molecule has 5 rings (SSSR count). The Kier molecular flexibility index (Phi) is 5.10. The first-order valence-corrected chi connectivity index (χ1v) is 11.0. The highest BCUT2D eigenvalue weighted by molar-refractivity contribution is 6.08. The van der Waals surface area contributed by atoms with E-state index < -0.39 is 0 Å². The van der Waals surface area contributed by atoms with Crippen molar-refractivity contribution in [2.75, 3.05) is 24.6 Å². The lowest BCUT2D eigenvalue weighted by atomic mass is 9.98. The fourth-order valence-electron chi connectivity index (χ4n) is 5.05. The molecule has 1 saturated heterocycles. The lowest BCUT2D eigenvalue weighted by Gasteiger charge is -2.33. The maximum atomic E-state index is 13.6. The number of carbonyl (C=O) groups excluding carboxylic acids is 1. The van der Waals surface area contributed by atoms with Crippen LogP contribution in [0, 0.1) is 19.8 Å². The molecule has 31 heavy (non-hydrogen) atoms. The monoisotopic (exact) mass is 416 g/mol. The smallest absolute Gasteiger partial charge is 0.255 e. The zero-order valence-electron chi connectivity index (χ0n) is 18.1. The van der Waals surface area contributed by atoms with E-state index in [0.29, 0.717) is 13.1 Å². The number of carbonyl (C=O) groups is 1. The predicted molar refractivity (Wildman–Crippen MR) is 121 cm³/mol. The van der Waals surface area contributed by atoms with Crippen molar-refractivity contribution in [3.8, 4) is 0 Å². The Balaban J connectivity index is 1.48. The largest absolute Gasteiger partial charge is 0.396 e. The average Bonchev–Trinajstić information content (AvgIpc) is 3.22. The number of aromatic nitrogens is 2. The number of piperidine rings is 1. The summed E-state index contributed by atoms with van der Waals surface area (Å²) in [4.78, 5) is 27.2. The van der Waals surface area contributed by atoms with Crippen molar-refractivity contribution in [2.24, 2.45) is 5.92 Å². The van der Waals surface area contributed by atoms with E-state index in [1.165, 1.54) is 0 Å². The highest BCUT2D eigenvalue weighted by atomic mass is 16.3. The minimum atomic E-state index is 0.0355. The fraction of sp³-hybridized carbons (Fsp3) is 0.400. The number of aliphatic hydroxyl groups excluding tert-OH is 1. The van der Waals surface area contributed by atoms with E-state index in [2.05, 4.69) is 35.0 Å². The first kappa shape index (κ1) is 19.9. The summed E-state index contributed by atoms with van der Waals surface area (Å²) in [6, 6.07) is 12.1. The molecule has 3 heterocycles. The zero-order valence-corrected chi connectivity index (χ0v) is 18.1. The maximum Gasteiger partial charge on any atom is 0.255 e. The number of benzene rings is 2. The van der Waals surface area contributed by atoms with Crippen LogP contribution in [0.15, 0.2) is 36.4 Å². The Labute approximate surface area is 182 Å². The van der Waals surface area contributed by atoms with Gasteiger partial charge in [0.2, 0.25) is 0 Å². The molecule has 1 aromatic heterocycles. The van der Waals surface area contributed by atoms with Crippen molar-refractivity contribution in [2.45, 2.75) is 39.8 Å². The number of aryl methyl sites for hydroxylation is 2. The van der Waals surface area contributed by atoms with E-state index in [-0.39, 0.29) is 18.4 Å². The number of hydrogen-bond acceptors (Lipinski definition) is 5. The van der Waals surface area contributed by atoms with Crippen LogP contribution in [0.25, 0.3) is 10.8 Å². The van der Waals surface area contributed by atoms with E-state index in [0.717, 1.165) is 70.7 Å². The summed E-state index contributed by atoms with van der Waals surface area (Å²) in [5, 5.41) is 11.8. The first-order chi connectivity index (χ1) is 15.0. The molecule has 0 bridgehead atoms. The van der Waals surface area contributed by atoms with Crippen LogP contribution in [0.2, 0.25) is 0 Å². The van der Waals surface area contributed by atoms with Gasteiger partial charge in [0.15, 0.2) is 0 Å². The predicted octanol–water partition coefficient (Wildman–Crippen LogP) is 3.61. The molecule has 3 aromatic rings. The minimum absolute atomic E-state index is 0.0355. The summed E-state index contributed by atoms with van der Waals surface area (Å²) in [7, 11) is 0. The van der Waals surface area contributed by atoms with Gasteiger partial charge in [0.05, 0.1) is 18.8 Å². The van der Waals surface area contributed by atoms with Gasteiger partial charge in [0.1, 0.15) is 11.6 Å². The third-order valence-corrected chi connectivity index (χ3v) is 6.58. The molecular formula is C25H28N4O2. The molecule has 6 heteroatoms. The van der Waals surface area contributed by atoms with Crippen molar-refractivity contribution < 1.29 is 9.90 Å². The van der Waals surface area contributed by atoms with E-state index >= 15 is 0 Å². The summed E-state index contributed by atoms with van der Waals surface area (Å²) in [6.45, 7) is 6.92. The van der Waals surface area contributed by atoms with Crippen LogP contribution in [0.1, 0.15) is 45.8 Å². The molecule has 2 aliphatic rings. The van der Waals surface area contributed by atoms with E-state index in [1.807, 2.05) is 30.0 Å². The molecule has 2 aromatic carbocycles. The molecule has 2 aliphatic heterocycles. The molecule has 1 fully saturated rings. The highest BCUT2D eigenvalue weighted by Gasteiger charge is 2.32. The maximum absolute atomic E-state index is 13.6. The number of rotatable bonds is 3. The Hall–Kier alpha value is -2.99. The van der Waals surface area contributed by atoms with Crippen molar-refractivity contribution in [3.05, 3.63) is 64.6 Å². The first-order valence-electron chi connectivity index (χ1n) is 11.0. The quantitative estimate of drug-likeness (QED) is 0.706. The summed E-state index contributed by atoms with van der Waals surface area (Å²) in [6.07, 6.45) is 2.09. The average molecular weight is 417 g/mol. The van der Waals surface area contributed by atoms with Gasteiger partial charge in [-0.3, -0.25) is 4.79 Å². The molecular weight excluding hydrogens is 388 g/mol. The van der Waals surface area contributed by atoms with E-state index in [4.69, 9.17) is 4.98 Å². The van der Waals surface area contributed by atoms with Gasteiger partial charge in [-0.2, -0.15) is 0 Å². The number of nitrogens with zero attached hydrogens (tertiary/aromatic N) is 4. The molecule has 0 unspecified atom stereocenters. The van der Waals surface area contributed by atoms with Gasteiger partial charge >= 0.3 is 0 Å². The fourth-order valence-corrected chi connectivity index (χ4v) is 5.05. The van der Waals surface area contributed by atoms with Crippen molar-refractivity contribution in [3.63, 3.8) is 0 Å². The second-order valence-electron chi connectivity index (χ2n) is 8.80. The summed E-state index contributed by atoms with van der Waals surface area (Å²) < 4.78 is 0. The normalized spacial score (nSPS) is 18.5. The van der Waals surface area contributed by atoms with Crippen LogP contribution in [0.5, 0.6) is 0 Å². The van der Waals surface area contributed by atoms with Crippen LogP contribution in [-0.2, 0) is 13.1 Å². The lowest BCUT2D eigenvalue weighted by molar-refractivity contribution is 0.0752. The van der Waals surface area contributed by atoms with Crippen molar-refractivity contribution >= 4 is 22.5 Å². The molecule has 0 aliphatic carbocycles. The standard InChI is InChI=1S/C25H28N4O2/c1-16-6-3-8-19-9-4-10-20(23(16)19)25(31)29-13-21-22(14-29)26-17(2)27-24(21)28-11-5-7-18(12-28)15-30/h3-4,6,8-10,18,30H,5,7,11-15H2,1-2H3/t18-/m1/s1. The molecule has 0 spiro atoms. The van der Waals surface area contributed by atoms with Crippen LogP contribution in [0.3, 0.4) is 0 Å². The van der Waals surface area contributed by atoms with Crippen molar-refractivity contribution in [1.29, 1.82) is 0 Å². The lowest BCUT2D eigenvalue weighted by Crippen LogP contribution is -2.38. The van der Waals surface area contributed by atoms with Gasteiger partial charge in [0, 0.05) is 30.8 Å². The Bertz CT molecular complexity index is 1150. The summed E-state index contributed by atoms with van der Waals surface area (Å²) in [5.41, 5.74) is 3.85. The molecule has 6 nitrogen and oxygen atoms in total. The third kappa shape index (κ3) is 3.55. The minimum Gasteiger partial charge on any atom is -0.396 e. The van der Waals surface area contributed by atoms with E-state index in [1.54, 1.807) is 0 Å². The number of aliphatic hydroxyl groups is 1. The molecule has 0 radical (unpaired) electrons. The van der Waals surface area contributed by atoms with Crippen LogP contribution < -0.4 is 4.90 Å². The Morgan fingerprint density at radius 2 is 1.94 bits per heavy atom. The van der Waals surface area contributed by atoms with Crippen LogP contribution in [0.4, 0.5) is 5.82 Å². The summed E-state index contributed by atoms with van der Waals surface area (Å²) in [5.74, 6) is 1.98. The SMILES string of the molecule is Cc1nc2c(c(N3CCC[C@@H](CO)C3)n1)CN(C(=O)c1cccc3cccc(C)c13)C2. The number of hydrogen-bond donors (Lipinski definition) is 1. The third-order valence-electron chi connectivity index (χ3n) is 6.58. The van der Waals surface area contributed by atoms with Crippen LogP contribution in [-0.4, -0.2) is 45.6 Å². The van der Waals surface area contributed by atoms with Gasteiger partial charge in [0.25, 0.3) is 5.91 Å². The van der Waals surface area contributed by atoms with E-state index in [9.17, 15) is 9.90 Å². The highest BCUT2D eigenvalue weighted by Crippen LogP contribution is 2.33. The van der Waals surface area contributed by atoms with Gasteiger partial charge in [-0.25, -0.2) is 9.97 Å². The Morgan fingerprint density at radius 3 is 2.74 bits per heavy atom. The molecule has 0 saturated carbocycles. The molecule has 1 amide bonds. The van der Waals surface area contributed by atoms with Gasteiger partial charge < -0.3 is 14.9 Å². The van der Waals surface area contributed by atoms with Gasteiger partial charge in [-0.15, -0.1) is 0 Å². The Morgan fingerprint density at radius 1 is 1.13 bits per heavy atom. The molecule has 160 valence electrons. The topological polar surface area (TPSA) is 69.6 Å². The van der Waals surface area contributed by atoms with Crippen LogP contribution >= 0.6 is 0 Å².